The van der Waals surface area contributed by atoms with Gasteiger partial charge in [-0.1, -0.05) is 38.5 Å². The van der Waals surface area contributed by atoms with E-state index in [9.17, 15) is 13.2 Å². The van der Waals surface area contributed by atoms with Crippen molar-refractivity contribution in [2.24, 2.45) is 16.8 Å². The van der Waals surface area contributed by atoms with E-state index in [0.29, 0.717) is 19.6 Å². The maximum absolute atomic E-state index is 12.4. The Hall–Kier alpha value is -0.980. The van der Waals surface area contributed by atoms with E-state index in [1.807, 2.05) is 0 Å². The molecule has 1 heterocycles. The van der Waals surface area contributed by atoms with Crippen molar-refractivity contribution in [3.05, 3.63) is 0 Å². The molecule has 1 saturated heterocycles. The molecule has 25 heavy (non-hydrogen) atoms. The van der Waals surface area contributed by atoms with Gasteiger partial charge in [-0.25, -0.2) is 0 Å². The van der Waals surface area contributed by atoms with Gasteiger partial charge in [0.05, 0.1) is 6.54 Å². The fourth-order valence-corrected chi connectivity index (χ4v) is 4.00. The molecule has 0 bridgehead atoms. The van der Waals surface area contributed by atoms with Crippen molar-refractivity contribution in [1.29, 1.82) is 0 Å². The van der Waals surface area contributed by atoms with Crippen LogP contribution in [0.15, 0.2) is 4.99 Å². The Morgan fingerprint density at radius 2 is 1.84 bits per heavy atom. The Balaban J connectivity index is 1.53. The van der Waals surface area contributed by atoms with Crippen LogP contribution in [0.1, 0.15) is 51.4 Å². The van der Waals surface area contributed by atoms with Gasteiger partial charge in [0.25, 0.3) is 0 Å². The van der Waals surface area contributed by atoms with Gasteiger partial charge in [0.1, 0.15) is 0 Å². The number of nitrogens with one attached hydrogen (secondary N) is 2. The summed E-state index contributed by atoms with van der Waals surface area (Å²) in [5, 5.41) is 6.57. The molecule has 1 aliphatic heterocycles. The second-order valence-electron chi connectivity index (χ2n) is 7.53. The highest BCUT2D eigenvalue weighted by atomic mass is 19.4. The van der Waals surface area contributed by atoms with Crippen molar-refractivity contribution in [2.75, 3.05) is 39.8 Å². The van der Waals surface area contributed by atoms with Crippen LogP contribution in [0.4, 0.5) is 13.2 Å². The van der Waals surface area contributed by atoms with Crippen LogP contribution >= 0.6 is 0 Å². The molecule has 7 heteroatoms. The van der Waals surface area contributed by atoms with Gasteiger partial charge < -0.3 is 10.6 Å². The van der Waals surface area contributed by atoms with Crippen LogP contribution in [0.25, 0.3) is 0 Å². The van der Waals surface area contributed by atoms with Gasteiger partial charge >= 0.3 is 6.18 Å². The summed E-state index contributed by atoms with van der Waals surface area (Å²) in [6.45, 7) is 1.81. The summed E-state index contributed by atoms with van der Waals surface area (Å²) < 4.78 is 37.3. The molecule has 146 valence electrons. The fraction of sp³-hybridized carbons (Fsp3) is 0.944. The first-order valence-electron chi connectivity index (χ1n) is 9.70. The van der Waals surface area contributed by atoms with E-state index in [4.69, 9.17) is 0 Å². The molecule has 1 unspecified atom stereocenters. The molecule has 0 aromatic carbocycles. The third kappa shape index (κ3) is 8.29. The number of aliphatic imine (C=N–C) groups is 1. The molecular formula is C18H33F3N4. The lowest BCUT2D eigenvalue weighted by atomic mass is 10.0. The van der Waals surface area contributed by atoms with Gasteiger partial charge in [-0.15, -0.1) is 0 Å². The number of nitrogens with zero attached hydrogens (tertiary/aromatic N) is 2. The van der Waals surface area contributed by atoms with Gasteiger partial charge in [0.15, 0.2) is 5.96 Å². The number of rotatable bonds is 8. The molecule has 2 rings (SSSR count). The average Bonchev–Trinajstić information content (AvgIpc) is 3.20. The lowest BCUT2D eigenvalue weighted by Crippen LogP contribution is -2.41. The predicted octanol–water partition coefficient (Wildman–Crippen LogP) is 3.40. The van der Waals surface area contributed by atoms with Gasteiger partial charge in [0, 0.05) is 26.7 Å². The zero-order chi connectivity index (χ0) is 18.1. The lowest BCUT2D eigenvalue weighted by Gasteiger charge is -2.18. The second-order valence-corrected chi connectivity index (χ2v) is 7.53. The van der Waals surface area contributed by atoms with Crippen LogP contribution in [-0.4, -0.2) is 56.8 Å². The Morgan fingerprint density at radius 1 is 1.08 bits per heavy atom. The third-order valence-electron chi connectivity index (χ3n) is 5.36. The molecule has 0 aromatic rings. The summed E-state index contributed by atoms with van der Waals surface area (Å²) in [7, 11) is 1.73. The van der Waals surface area contributed by atoms with Crippen molar-refractivity contribution in [2.45, 2.75) is 57.5 Å². The largest absolute Gasteiger partial charge is 0.401 e. The van der Waals surface area contributed by atoms with Crippen LogP contribution in [0.2, 0.25) is 0 Å². The SMILES string of the molecule is CN=C(NCCCCC1CCCC1)NCC1CCN(CC(F)(F)F)C1. The molecule has 0 amide bonds. The summed E-state index contributed by atoms with van der Waals surface area (Å²) in [6.07, 6.45) is 6.06. The van der Waals surface area contributed by atoms with Crippen LogP contribution in [0.3, 0.4) is 0 Å². The molecule has 2 N–H and O–H groups in total. The Kier molecular flexibility index (Phi) is 8.33. The van der Waals surface area contributed by atoms with E-state index < -0.39 is 12.7 Å². The smallest absolute Gasteiger partial charge is 0.356 e. The lowest BCUT2D eigenvalue weighted by molar-refractivity contribution is -0.143. The molecule has 2 fully saturated rings. The highest BCUT2D eigenvalue weighted by Crippen LogP contribution is 2.28. The van der Waals surface area contributed by atoms with Crippen molar-refractivity contribution in [3.63, 3.8) is 0 Å². The molecular weight excluding hydrogens is 329 g/mol. The molecule has 0 aromatic heterocycles. The fourth-order valence-electron chi connectivity index (χ4n) is 4.00. The number of alkyl halides is 3. The van der Waals surface area contributed by atoms with E-state index in [0.717, 1.165) is 31.3 Å². The number of likely N-dealkylation sites (tertiary alicyclic amines) is 1. The highest BCUT2D eigenvalue weighted by molar-refractivity contribution is 5.79. The normalized spacial score (nSPS) is 23.4. The molecule has 0 radical (unpaired) electrons. The quantitative estimate of drug-likeness (QED) is 0.395. The minimum absolute atomic E-state index is 0.253. The van der Waals surface area contributed by atoms with Gasteiger partial charge in [-0.3, -0.25) is 9.89 Å². The van der Waals surface area contributed by atoms with E-state index in [1.165, 1.54) is 43.4 Å². The van der Waals surface area contributed by atoms with E-state index >= 15 is 0 Å². The van der Waals surface area contributed by atoms with Crippen molar-refractivity contribution < 1.29 is 13.2 Å². The number of hydrogen-bond acceptors (Lipinski definition) is 2. The van der Waals surface area contributed by atoms with Crippen LogP contribution in [-0.2, 0) is 0 Å². The molecule has 2 aliphatic rings. The monoisotopic (exact) mass is 362 g/mol. The summed E-state index contributed by atoms with van der Waals surface area (Å²) in [4.78, 5) is 5.69. The topological polar surface area (TPSA) is 39.7 Å². The molecule has 1 atom stereocenters. The first-order valence-corrected chi connectivity index (χ1v) is 9.70. The zero-order valence-corrected chi connectivity index (χ0v) is 15.4. The first kappa shape index (κ1) is 20.3. The van der Waals surface area contributed by atoms with Crippen molar-refractivity contribution in [1.82, 2.24) is 15.5 Å². The van der Waals surface area contributed by atoms with Crippen LogP contribution in [0, 0.1) is 11.8 Å². The second kappa shape index (κ2) is 10.2. The molecule has 1 aliphatic carbocycles. The standard InChI is InChI=1S/C18H33F3N4/c1-22-17(23-10-5-4-8-15-6-2-3-7-15)24-12-16-9-11-25(13-16)14-18(19,20)21/h15-16H,2-14H2,1H3,(H2,22,23,24). The zero-order valence-electron chi connectivity index (χ0n) is 15.4. The van der Waals surface area contributed by atoms with Crippen LogP contribution in [0.5, 0.6) is 0 Å². The van der Waals surface area contributed by atoms with E-state index in [-0.39, 0.29) is 5.92 Å². The minimum atomic E-state index is -4.10. The van der Waals surface area contributed by atoms with Crippen molar-refractivity contribution in [3.8, 4) is 0 Å². The number of hydrogen-bond donors (Lipinski definition) is 2. The van der Waals surface area contributed by atoms with Crippen LogP contribution < -0.4 is 10.6 Å². The van der Waals surface area contributed by atoms with Gasteiger partial charge in [0.2, 0.25) is 0 Å². The molecule has 0 spiro atoms. The number of halogens is 3. The maximum atomic E-state index is 12.4. The summed E-state index contributed by atoms with van der Waals surface area (Å²) >= 11 is 0. The molecule has 4 nitrogen and oxygen atoms in total. The Labute approximate surface area is 149 Å². The number of unbranched alkanes of at least 4 members (excludes halogenated alkanes) is 1. The first-order chi connectivity index (χ1) is 12.0. The van der Waals surface area contributed by atoms with Gasteiger partial charge in [-0.05, 0) is 31.2 Å². The van der Waals surface area contributed by atoms with Crippen molar-refractivity contribution >= 4 is 5.96 Å². The third-order valence-corrected chi connectivity index (χ3v) is 5.36. The van der Waals surface area contributed by atoms with Gasteiger partial charge in [-0.2, -0.15) is 13.2 Å². The van der Waals surface area contributed by atoms with E-state index in [1.54, 1.807) is 7.05 Å². The summed E-state index contributed by atoms with van der Waals surface area (Å²) in [5.74, 6) is 1.96. The Morgan fingerprint density at radius 3 is 2.52 bits per heavy atom. The Bertz CT molecular complexity index is 406. The highest BCUT2D eigenvalue weighted by Gasteiger charge is 2.34. The summed E-state index contributed by atoms with van der Waals surface area (Å²) in [6, 6.07) is 0. The van der Waals surface area contributed by atoms with E-state index in [2.05, 4.69) is 15.6 Å². The number of guanidine groups is 1. The predicted molar refractivity (Wildman–Crippen MR) is 95.8 cm³/mol. The minimum Gasteiger partial charge on any atom is -0.356 e. The molecule has 1 saturated carbocycles. The summed E-state index contributed by atoms with van der Waals surface area (Å²) in [5.41, 5.74) is 0. The maximum Gasteiger partial charge on any atom is 0.401 e. The average molecular weight is 362 g/mol.